The van der Waals surface area contributed by atoms with Crippen molar-refractivity contribution < 1.29 is 28.6 Å². The van der Waals surface area contributed by atoms with E-state index in [1.807, 2.05) is 0 Å². The molecule has 11 nitrogen and oxygen atoms in total. The Balaban J connectivity index is 1.40. The maximum absolute atomic E-state index is 13.2. The van der Waals surface area contributed by atoms with Gasteiger partial charge < -0.3 is 29.4 Å². The molecule has 0 saturated heterocycles. The molecule has 2 heterocycles. The van der Waals surface area contributed by atoms with Crippen molar-refractivity contribution in [3.63, 3.8) is 0 Å². The van der Waals surface area contributed by atoms with E-state index in [4.69, 9.17) is 14.2 Å². The van der Waals surface area contributed by atoms with Crippen LogP contribution in [0.3, 0.4) is 0 Å². The van der Waals surface area contributed by atoms with E-state index in [1.165, 1.54) is 37.3 Å². The molecule has 0 spiro atoms. The molecule has 0 saturated carbocycles. The van der Waals surface area contributed by atoms with Crippen LogP contribution in [0, 0.1) is 0 Å². The lowest BCUT2D eigenvalue weighted by Gasteiger charge is -2.13. The fraction of sp³-hybridized carbons (Fsp3) is 0.464. The Hall–Kier alpha value is -3.58. The molecular weight excluding hydrogens is 566 g/mol. The van der Waals surface area contributed by atoms with Crippen LogP contribution in [0.2, 0.25) is 0 Å². The summed E-state index contributed by atoms with van der Waals surface area (Å²) in [6.07, 6.45) is 4.91. The zero-order valence-electron chi connectivity index (χ0n) is 23.9. The topological polar surface area (TPSA) is 134 Å². The minimum Gasteiger partial charge on any atom is -0.493 e. The summed E-state index contributed by atoms with van der Waals surface area (Å²) in [7, 11) is 4.82. The summed E-state index contributed by atoms with van der Waals surface area (Å²) >= 11 is 2.71. The minimum atomic E-state index is -0.524. The van der Waals surface area contributed by atoms with Crippen molar-refractivity contribution in [3.05, 3.63) is 45.6 Å². The summed E-state index contributed by atoms with van der Waals surface area (Å²) in [6.45, 7) is 3.96. The van der Waals surface area contributed by atoms with Crippen molar-refractivity contribution in [1.29, 1.82) is 0 Å². The van der Waals surface area contributed by atoms with Gasteiger partial charge in [0, 0.05) is 17.5 Å². The lowest BCUT2D eigenvalue weighted by Crippen LogP contribution is -2.25. The zero-order valence-corrected chi connectivity index (χ0v) is 25.5. The average Bonchev–Trinajstić information content (AvgIpc) is 3.39. The third kappa shape index (κ3) is 7.02. The smallest absolute Gasteiger partial charge is 0.341 e. The number of methoxy groups -OCH3 is 2. The van der Waals surface area contributed by atoms with Crippen molar-refractivity contribution in [3.8, 4) is 11.5 Å². The monoisotopic (exact) mass is 601 g/mol. The highest BCUT2D eigenvalue weighted by molar-refractivity contribution is 8.00. The molecule has 0 bridgehead atoms. The lowest BCUT2D eigenvalue weighted by atomic mass is 10.1. The van der Waals surface area contributed by atoms with E-state index in [9.17, 15) is 14.4 Å². The quantitative estimate of drug-likeness (QED) is 0.186. The summed E-state index contributed by atoms with van der Waals surface area (Å²) in [5, 5.41) is 14.8. The second-order valence-corrected chi connectivity index (χ2v) is 11.9. The first-order valence-corrected chi connectivity index (χ1v) is 15.1. The van der Waals surface area contributed by atoms with Gasteiger partial charge in [0.25, 0.3) is 5.91 Å². The van der Waals surface area contributed by atoms with Gasteiger partial charge in [-0.25, -0.2) is 4.79 Å². The molecule has 220 valence electrons. The summed E-state index contributed by atoms with van der Waals surface area (Å²) in [4.78, 5) is 39.9. The highest BCUT2D eigenvalue weighted by atomic mass is 32.2. The number of aromatic nitrogens is 3. The van der Waals surface area contributed by atoms with Gasteiger partial charge in [-0.1, -0.05) is 18.2 Å². The van der Waals surface area contributed by atoms with Gasteiger partial charge in [0.05, 0.1) is 38.2 Å². The predicted molar refractivity (Wildman–Crippen MR) is 157 cm³/mol. The van der Waals surface area contributed by atoms with Crippen molar-refractivity contribution in [2.24, 2.45) is 7.05 Å². The van der Waals surface area contributed by atoms with E-state index in [0.29, 0.717) is 38.6 Å². The molecule has 1 aliphatic rings. The number of thiophene rings is 1. The first-order chi connectivity index (χ1) is 19.8. The van der Waals surface area contributed by atoms with Crippen LogP contribution in [0.4, 0.5) is 5.00 Å². The molecule has 0 radical (unpaired) electrons. The molecule has 41 heavy (non-hydrogen) atoms. The van der Waals surface area contributed by atoms with Crippen LogP contribution < -0.4 is 20.1 Å². The SMILES string of the molecule is CCOC(=O)c1c(NC(=O)[C@@H](C)Sc2nnc(CNC(=O)c3ccc(OC)c(OC)c3)n2C)sc2c1CCCCC2. The van der Waals surface area contributed by atoms with Crippen LogP contribution >= 0.6 is 23.1 Å². The van der Waals surface area contributed by atoms with Crippen molar-refractivity contribution in [2.75, 3.05) is 26.1 Å². The van der Waals surface area contributed by atoms with E-state index in [-0.39, 0.29) is 25.0 Å². The number of carbonyl (C=O) groups excluding carboxylic acids is 3. The van der Waals surface area contributed by atoms with E-state index < -0.39 is 11.2 Å². The average molecular weight is 602 g/mol. The zero-order chi connectivity index (χ0) is 29.5. The number of thioether (sulfide) groups is 1. The third-order valence-corrected chi connectivity index (χ3v) is 9.11. The molecule has 0 fully saturated rings. The number of hydrogen-bond acceptors (Lipinski definition) is 10. The fourth-order valence-corrected chi connectivity index (χ4v) is 6.63. The number of amides is 2. The number of hydrogen-bond donors (Lipinski definition) is 2. The molecule has 13 heteroatoms. The number of fused-ring (bicyclic) bond motifs is 1. The summed E-state index contributed by atoms with van der Waals surface area (Å²) in [5.74, 6) is 0.572. The highest BCUT2D eigenvalue weighted by Crippen LogP contribution is 2.38. The lowest BCUT2D eigenvalue weighted by molar-refractivity contribution is -0.115. The Labute approximate surface area is 247 Å². The van der Waals surface area contributed by atoms with Gasteiger partial charge in [0.2, 0.25) is 5.91 Å². The fourth-order valence-electron chi connectivity index (χ4n) is 4.52. The molecule has 1 aromatic carbocycles. The number of aryl methyl sites for hydroxylation is 1. The van der Waals surface area contributed by atoms with Crippen molar-refractivity contribution in [1.82, 2.24) is 20.1 Å². The van der Waals surface area contributed by atoms with Crippen LogP contribution in [0.5, 0.6) is 11.5 Å². The maximum Gasteiger partial charge on any atom is 0.341 e. The maximum atomic E-state index is 13.2. The minimum absolute atomic E-state index is 0.140. The molecule has 1 aliphatic carbocycles. The van der Waals surface area contributed by atoms with Gasteiger partial charge in [-0.05, 0) is 63.3 Å². The highest BCUT2D eigenvalue weighted by Gasteiger charge is 2.28. The predicted octanol–water partition coefficient (Wildman–Crippen LogP) is 4.39. The first kappa shape index (κ1) is 30.4. The molecule has 2 N–H and O–H groups in total. The number of rotatable bonds is 11. The number of benzene rings is 1. The summed E-state index contributed by atoms with van der Waals surface area (Å²) < 4.78 is 17.6. The number of nitrogens with zero attached hydrogens (tertiary/aromatic N) is 3. The van der Waals surface area contributed by atoms with Gasteiger partial charge in [-0.3, -0.25) is 9.59 Å². The third-order valence-electron chi connectivity index (χ3n) is 6.77. The molecule has 0 aliphatic heterocycles. The summed E-state index contributed by atoms with van der Waals surface area (Å²) in [5.41, 5.74) is 1.91. The number of ether oxygens (including phenoxy) is 3. The van der Waals surface area contributed by atoms with Crippen LogP contribution in [0.15, 0.2) is 23.4 Å². The van der Waals surface area contributed by atoms with E-state index in [2.05, 4.69) is 20.8 Å². The van der Waals surface area contributed by atoms with E-state index >= 15 is 0 Å². The van der Waals surface area contributed by atoms with Crippen LogP contribution in [-0.4, -0.2) is 58.6 Å². The van der Waals surface area contributed by atoms with Crippen molar-refractivity contribution in [2.45, 2.75) is 62.9 Å². The molecule has 4 rings (SSSR count). The van der Waals surface area contributed by atoms with Crippen LogP contribution in [0.25, 0.3) is 0 Å². The Morgan fingerprint density at radius 1 is 1.10 bits per heavy atom. The van der Waals surface area contributed by atoms with Crippen molar-refractivity contribution >= 4 is 45.9 Å². The number of esters is 1. The number of nitrogens with one attached hydrogen (secondary N) is 2. The first-order valence-electron chi connectivity index (χ1n) is 13.4. The molecule has 0 unspecified atom stereocenters. The Bertz CT molecular complexity index is 1420. The standard InChI is InChI=1S/C28H35N5O6S2/c1-6-39-27(36)23-18-10-8-7-9-11-21(18)41-26(23)30-24(34)16(2)40-28-32-31-22(33(28)3)15-29-25(35)17-12-13-19(37-4)20(14-17)38-5/h12-14,16H,6-11,15H2,1-5H3,(H,29,35)(H,30,34)/t16-/m1/s1. The van der Waals surface area contributed by atoms with Gasteiger partial charge in [0.1, 0.15) is 5.00 Å². The van der Waals surface area contributed by atoms with Gasteiger partial charge in [0.15, 0.2) is 22.5 Å². The number of carbonyl (C=O) groups is 3. The molecule has 2 aromatic heterocycles. The summed E-state index contributed by atoms with van der Waals surface area (Å²) in [6, 6.07) is 4.92. The number of anilines is 1. The molecular formula is C28H35N5O6S2. The van der Waals surface area contributed by atoms with Crippen LogP contribution in [0.1, 0.15) is 70.1 Å². The van der Waals surface area contributed by atoms with Gasteiger partial charge in [-0.15, -0.1) is 21.5 Å². The molecule has 2 amide bonds. The second-order valence-electron chi connectivity index (χ2n) is 9.45. The van der Waals surface area contributed by atoms with Gasteiger partial charge >= 0.3 is 5.97 Å². The molecule has 1 atom stereocenters. The Kier molecular flexibility index (Phi) is 10.3. The second kappa shape index (κ2) is 13.9. The van der Waals surface area contributed by atoms with Gasteiger partial charge in [-0.2, -0.15) is 0 Å². The van der Waals surface area contributed by atoms with E-state index in [0.717, 1.165) is 42.5 Å². The van der Waals surface area contributed by atoms with Crippen LogP contribution in [-0.2, 0) is 36.0 Å². The Morgan fingerprint density at radius 2 is 1.85 bits per heavy atom. The largest absolute Gasteiger partial charge is 0.493 e. The normalized spacial score (nSPS) is 13.5. The van der Waals surface area contributed by atoms with E-state index in [1.54, 1.807) is 43.7 Å². The molecule has 3 aromatic rings. The Morgan fingerprint density at radius 3 is 2.59 bits per heavy atom.